The van der Waals surface area contributed by atoms with Crippen LogP contribution in [0.2, 0.25) is 0 Å². The van der Waals surface area contributed by atoms with Gasteiger partial charge in [0.05, 0.1) is 0 Å². The molecule has 16 heavy (non-hydrogen) atoms. The molecule has 0 spiro atoms. The third kappa shape index (κ3) is 4.18. The third-order valence-electron chi connectivity index (χ3n) is 2.24. The molecule has 1 rings (SSSR count). The number of nitrogens with one attached hydrogen (secondary N) is 1. The predicted octanol–water partition coefficient (Wildman–Crippen LogP) is 4.02. The Morgan fingerprint density at radius 3 is 2.81 bits per heavy atom. The van der Waals surface area contributed by atoms with Gasteiger partial charge in [-0.05, 0) is 30.4 Å². The summed E-state index contributed by atoms with van der Waals surface area (Å²) in [6.07, 6.45) is 3.71. The molecule has 88 valence electrons. The Labute approximate surface area is 110 Å². The number of nitrogen functional groups attached to an aromatic ring is 1. The summed E-state index contributed by atoms with van der Waals surface area (Å²) in [5, 5.41) is 7.51. The minimum Gasteiger partial charge on any atom is -0.384 e. The quantitative estimate of drug-likeness (QED) is 0.361. The molecule has 1 aromatic rings. The molecule has 0 radical (unpaired) electrons. The van der Waals surface area contributed by atoms with Gasteiger partial charge in [-0.3, -0.25) is 5.41 Å². The molecular weight excluding hydrogens is 284 g/mol. The monoisotopic (exact) mass is 300 g/mol. The number of hydrogen-bond acceptors (Lipinski definition) is 2. The van der Waals surface area contributed by atoms with Crippen molar-refractivity contribution < 1.29 is 0 Å². The summed E-state index contributed by atoms with van der Waals surface area (Å²) < 4.78 is 1.04. The highest BCUT2D eigenvalue weighted by molar-refractivity contribution is 9.10. The first kappa shape index (κ1) is 13.6. The summed E-state index contributed by atoms with van der Waals surface area (Å²) in [5.74, 6) is 1.23. The Balaban J connectivity index is 2.68. The molecule has 0 saturated heterocycles. The first-order valence-electron chi connectivity index (χ1n) is 5.42. The van der Waals surface area contributed by atoms with Gasteiger partial charge >= 0.3 is 0 Å². The minimum absolute atomic E-state index is 0.144. The van der Waals surface area contributed by atoms with E-state index in [4.69, 9.17) is 11.1 Å². The maximum absolute atomic E-state index is 7.51. The SMILES string of the molecule is CCCCCSc1cc(Br)ccc1C(=N)N. The predicted molar refractivity (Wildman–Crippen MR) is 75.4 cm³/mol. The van der Waals surface area contributed by atoms with Crippen LogP contribution in [0.25, 0.3) is 0 Å². The van der Waals surface area contributed by atoms with Gasteiger partial charge in [0, 0.05) is 14.9 Å². The van der Waals surface area contributed by atoms with Crippen LogP contribution in [0.15, 0.2) is 27.6 Å². The van der Waals surface area contributed by atoms with Gasteiger partial charge in [-0.2, -0.15) is 0 Å². The zero-order chi connectivity index (χ0) is 12.0. The van der Waals surface area contributed by atoms with Gasteiger partial charge in [0.1, 0.15) is 5.84 Å². The molecule has 0 aliphatic heterocycles. The summed E-state index contributed by atoms with van der Waals surface area (Å²) >= 11 is 5.22. The van der Waals surface area contributed by atoms with Crippen LogP contribution in [0, 0.1) is 5.41 Å². The molecule has 0 fully saturated rings. The Morgan fingerprint density at radius 2 is 2.19 bits per heavy atom. The lowest BCUT2D eigenvalue weighted by Crippen LogP contribution is -2.12. The largest absolute Gasteiger partial charge is 0.384 e. The molecule has 2 nitrogen and oxygen atoms in total. The van der Waals surface area contributed by atoms with Crippen molar-refractivity contribution in [3.8, 4) is 0 Å². The van der Waals surface area contributed by atoms with Crippen LogP contribution in [-0.2, 0) is 0 Å². The fourth-order valence-corrected chi connectivity index (χ4v) is 3.00. The van der Waals surface area contributed by atoms with Gasteiger partial charge in [-0.1, -0.05) is 35.7 Å². The maximum atomic E-state index is 7.51. The van der Waals surface area contributed by atoms with Crippen molar-refractivity contribution in [1.29, 1.82) is 5.41 Å². The molecule has 0 aromatic heterocycles. The molecule has 0 aliphatic rings. The van der Waals surface area contributed by atoms with Crippen molar-refractivity contribution in [1.82, 2.24) is 0 Å². The summed E-state index contributed by atoms with van der Waals surface area (Å²) in [6.45, 7) is 2.20. The lowest BCUT2D eigenvalue weighted by Gasteiger charge is -2.08. The molecule has 0 bridgehead atoms. The summed E-state index contributed by atoms with van der Waals surface area (Å²) in [4.78, 5) is 1.10. The van der Waals surface area contributed by atoms with Gasteiger partial charge in [-0.15, -0.1) is 11.8 Å². The Hall–Kier alpha value is -0.480. The highest BCUT2D eigenvalue weighted by Crippen LogP contribution is 2.27. The van der Waals surface area contributed by atoms with E-state index in [1.54, 1.807) is 11.8 Å². The van der Waals surface area contributed by atoms with Gasteiger partial charge in [0.2, 0.25) is 0 Å². The second-order valence-corrected chi connectivity index (χ2v) is 5.66. The van der Waals surface area contributed by atoms with Gasteiger partial charge in [0.25, 0.3) is 0 Å². The van der Waals surface area contributed by atoms with Crippen molar-refractivity contribution in [3.05, 3.63) is 28.2 Å². The number of nitrogens with two attached hydrogens (primary N) is 1. The smallest absolute Gasteiger partial charge is 0.123 e. The first-order valence-corrected chi connectivity index (χ1v) is 7.19. The molecule has 0 atom stereocenters. The summed E-state index contributed by atoms with van der Waals surface area (Å²) in [7, 11) is 0. The molecule has 1 aromatic carbocycles. The van der Waals surface area contributed by atoms with Crippen LogP contribution in [0.5, 0.6) is 0 Å². The molecule has 0 saturated carbocycles. The second kappa shape index (κ2) is 6.97. The Bertz CT molecular complexity index is 366. The van der Waals surface area contributed by atoms with E-state index >= 15 is 0 Å². The normalized spacial score (nSPS) is 10.4. The lowest BCUT2D eigenvalue weighted by molar-refractivity contribution is 0.778. The standard InChI is InChI=1S/C12H17BrN2S/c1-2-3-4-7-16-11-8-9(13)5-6-10(11)12(14)15/h5-6,8H,2-4,7H2,1H3,(H3,14,15). The van der Waals surface area contributed by atoms with Gasteiger partial charge < -0.3 is 5.73 Å². The van der Waals surface area contributed by atoms with Crippen LogP contribution in [-0.4, -0.2) is 11.6 Å². The Kier molecular flexibility index (Phi) is 5.91. The van der Waals surface area contributed by atoms with Crippen LogP contribution < -0.4 is 5.73 Å². The van der Waals surface area contributed by atoms with Gasteiger partial charge in [-0.25, -0.2) is 0 Å². The van der Waals surface area contributed by atoms with Crippen molar-refractivity contribution in [3.63, 3.8) is 0 Å². The topological polar surface area (TPSA) is 49.9 Å². The van der Waals surface area contributed by atoms with E-state index in [1.165, 1.54) is 19.3 Å². The van der Waals surface area contributed by atoms with E-state index < -0.39 is 0 Å². The van der Waals surface area contributed by atoms with E-state index in [-0.39, 0.29) is 5.84 Å². The summed E-state index contributed by atoms with van der Waals surface area (Å²) in [5.41, 5.74) is 6.39. The first-order chi connectivity index (χ1) is 7.65. The zero-order valence-corrected chi connectivity index (χ0v) is 11.8. The van der Waals surface area contributed by atoms with Crippen LogP contribution in [0.4, 0.5) is 0 Å². The number of benzene rings is 1. The average molecular weight is 301 g/mol. The van der Waals surface area contributed by atoms with E-state index in [0.29, 0.717) is 0 Å². The minimum atomic E-state index is 0.144. The Morgan fingerprint density at radius 1 is 1.44 bits per heavy atom. The van der Waals surface area contributed by atoms with Crippen molar-refractivity contribution in [2.24, 2.45) is 5.73 Å². The van der Waals surface area contributed by atoms with Crippen molar-refractivity contribution in [2.45, 2.75) is 31.1 Å². The van der Waals surface area contributed by atoms with Crippen molar-refractivity contribution in [2.75, 3.05) is 5.75 Å². The molecular formula is C12H17BrN2S. The average Bonchev–Trinajstić information content (AvgIpc) is 2.24. The fourth-order valence-electron chi connectivity index (χ4n) is 1.37. The van der Waals surface area contributed by atoms with Crippen LogP contribution in [0.1, 0.15) is 31.7 Å². The van der Waals surface area contributed by atoms with Crippen LogP contribution in [0.3, 0.4) is 0 Å². The third-order valence-corrected chi connectivity index (χ3v) is 3.87. The molecule has 0 amide bonds. The second-order valence-electron chi connectivity index (χ2n) is 3.61. The maximum Gasteiger partial charge on any atom is 0.123 e. The fraction of sp³-hybridized carbons (Fsp3) is 0.417. The number of unbranched alkanes of at least 4 members (excludes halogenated alkanes) is 2. The number of amidine groups is 1. The van der Waals surface area contributed by atoms with E-state index in [2.05, 4.69) is 22.9 Å². The highest BCUT2D eigenvalue weighted by atomic mass is 79.9. The van der Waals surface area contributed by atoms with Crippen molar-refractivity contribution >= 4 is 33.5 Å². The van der Waals surface area contributed by atoms with Gasteiger partial charge in [0.15, 0.2) is 0 Å². The molecule has 0 aliphatic carbocycles. The molecule has 0 heterocycles. The highest BCUT2D eigenvalue weighted by Gasteiger charge is 2.06. The van der Waals surface area contributed by atoms with E-state index in [1.807, 2.05) is 18.2 Å². The van der Waals surface area contributed by atoms with Crippen LogP contribution >= 0.6 is 27.7 Å². The molecule has 3 N–H and O–H groups in total. The number of halogens is 1. The number of hydrogen-bond donors (Lipinski definition) is 2. The summed E-state index contributed by atoms with van der Waals surface area (Å²) in [6, 6.07) is 5.86. The van der Waals surface area contributed by atoms with E-state index in [0.717, 1.165) is 20.7 Å². The number of rotatable bonds is 6. The molecule has 4 heteroatoms. The molecule has 0 unspecified atom stereocenters. The lowest BCUT2D eigenvalue weighted by atomic mass is 10.2. The van der Waals surface area contributed by atoms with E-state index in [9.17, 15) is 0 Å². The number of thioether (sulfide) groups is 1. The zero-order valence-electron chi connectivity index (χ0n) is 9.42.